The lowest BCUT2D eigenvalue weighted by molar-refractivity contribution is -0.0290. The van der Waals surface area contributed by atoms with Gasteiger partial charge in [-0.2, -0.15) is 0 Å². The van der Waals surface area contributed by atoms with Crippen LogP contribution in [0, 0.1) is 0 Å². The van der Waals surface area contributed by atoms with E-state index in [-0.39, 0.29) is 5.60 Å². The minimum atomic E-state index is 0.0808. The third-order valence-electron chi connectivity index (χ3n) is 3.14. The molecule has 0 saturated carbocycles. The number of ether oxygens (including phenoxy) is 1. The summed E-state index contributed by atoms with van der Waals surface area (Å²) in [5.74, 6) is 0. The molecule has 3 heteroatoms. The molecule has 0 radical (unpaired) electrons. The molecule has 3 nitrogen and oxygen atoms in total. The standard InChI is InChI=1S/C11H24N2O/c1-9(7-12)13(4)8-10-5-6-11(2,3)14-10/h9-10H,5-8,12H2,1-4H3. The number of nitrogens with two attached hydrogens (primary N) is 1. The zero-order chi connectivity index (χ0) is 10.8. The van der Waals surface area contributed by atoms with Crippen LogP contribution < -0.4 is 5.73 Å². The highest BCUT2D eigenvalue weighted by Crippen LogP contribution is 2.29. The van der Waals surface area contributed by atoms with Crippen molar-refractivity contribution in [2.45, 2.75) is 51.4 Å². The van der Waals surface area contributed by atoms with Crippen molar-refractivity contribution >= 4 is 0 Å². The lowest BCUT2D eigenvalue weighted by Crippen LogP contribution is -2.40. The summed E-state index contributed by atoms with van der Waals surface area (Å²) in [4.78, 5) is 2.28. The van der Waals surface area contributed by atoms with Crippen LogP contribution >= 0.6 is 0 Å². The molecular weight excluding hydrogens is 176 g/mol. The van der Waals surface area contributed by atoms with Gasteiger partial charge in [0.2, 0.25) is 0 Å². The second-order valence-electron chi connectivity index (χ2n) is 5.06. The number of likely N-dealkylation sites (N-methyl/N-ethyl adjacent to an activating group) is 1. The fourth-order valence-electron chi connectivity index (χ4n) is 1.89. The highest BCUT2D eigenvalue weighted by atomic mass is 16.5. The lowest BCUT2D eigenvalue weighted by atomic mass is 10.1. The summed E-state index contributed by atoms with van der Waals surface area (Å²) in [5.41, 5.74) is 5.70. The fraction of sp³-hybridized carbons (Fsp3) is 1.00. The molecule has 84 valence electrons. The fourth-order valence-corrected chi connectivity index (χ4v) is 1.89. The molecule has 14 heavy (non-hydrogen) atoms. The van der Waals surface area contributed by atoms with E-state index in [0.29, 0.717) is 18.7 Å². The summed E-state index contributed by atoms with van der Waals surface area (Å²) < 4.78 is 5.93. The van der Waals surface area contributed by atoms with E-state index < -0.39 is 0 Å². The minimum absolute atomic E-state index is 0.0808. The zero-order valence-corrected chi connectivity index (χ0v) is 9.92. The van der Waals surface area contributed by atoms with Gasteiger partial charge in [-0.05, 0) is 40.7 Å². The van der Waals surface area contributed by atoms with Gasteiger partial charge in [-0.1, -0.05) is 0 Å². The van der Waals surface area contributed by atoms with E-state index >= 15 is 0 Å². The molecule has 0 aromatic rings. The Hall–Kier alpha value is -0.120. The first-order chi connectivity index (χ1) is 6.44. The zero-order valence-electron chi connectivity index (χ0n) is 9.92. The van der Waals surface area contributed by atoms with Crippen molar-refractivity contribution in [1.29, 1.82) is 0 Å². The van der Waals surface area contributed by atoms with Gasteiger partial charge in [-0.15, -0.1) is 0 Å². The van der Waals surface area contributed by atoms with E-state index in [9.17, 15) is 0 Å². The first-order valence-corrected chi connectivity index (χ1v) is 5.53. The first-order valence-electron chi connectivity index (χ1n) is 5.53. The highest BCUT2D eigenvalue weighted by molar-refractivity contribution is 4.83. The van der Waals surface area contributed by atoms with Gasteiger partial charge in [0.05, 0.1) is 11.7 Å². The van der Waals surface area contributed by atoms with E-state index in [2.05, 4.69) is 32.7 Å². The van der Waals surface area contributed by atoms with Crippen molar-refractivity contribution in [2.75, 3.05) is 20.1 Å². The quantitative estimate of drug-likeness (QED) is 0.741. The molecule has 1 saturated heterocycles. The normalized spacial score (nSPS) is 28.3. The van der Waals surface area contributed by atoms with Crippen molar-refractivity contribution in [3.8, 4) is 0 Å². The summed E-state index contributed by atoms with van der Waals surface area (Å²) in [6.07, 6.45) is 2.74. The molecule has 1 aliphatic heterocycles. The maximum absolute atomic E-state index is 5.93. The molecule has 0 aliphatic carbocycles. The second kappa shape index (κ2) is 4.60. The van der Waals surface area contributed by atoms with Gasteiger partial charge < -0.3 is 10.5 Å². The molecule has 0 amide bonds. The average molecular weight is 200 g/mol. The van der Waals surface area contributed by atoms with Crippen LogP contribution in [0.15, 0.2) is 0 Å². The van der Waals surface area contributed by atoms with E-state index in [4.69, 9.17) is 10.5 Å². The summed E-state index contributed by atoms with van der Waals surface area (Å²) in [7, 11) is 2.12. The maximum atomic E-state index is 5.93. The Balaban J connectivity index is 2.32. The van der Waals surface area contributed by atoms with Crippen LogP contribution in [0.4, 0.5) is 0 Å². The first kappa shape index (κ1) is 12.0. The maximum Gasteiger partial charge on any atom is 0.0710 e. The predicted octanol–water partition coefficient (Wildman–Crippen LogP) is 1.22. The molecule has 2 N–H and O–H groups in total. The summed E-state index contributed by atoms with van der Waals surface area (Å²) in [5, 5.41) is 0. The third-order valence-corrected chi connectivity index (χ3v) is 3.14. The van der Waals surface area contributed by atoms with Gasteiger partial charge in [0.1, 0.15) is 0 Å². The summed E-state index contributed by atoms with van der Waals surface area (Å²) >= 11 is 0. The molecule has 0 spiro atoms. The Morgan fingerprint density at radius 3 is 2.64 bits per heavy atom. The van der Waals surface area contributed by atoms with Gasteiger partial charge >= 0.3 is 0 Å². The predicted molar refractivity (Wildman–Crippen MR) is 59.3 cm³/mol. The molecule has 0 aromatic carbocycles. The number of hydrogen-bond acceptors (Lipinski definition) is 3. The molecule has 0 aromatic heterocycles. The van der Waals surface area contributed by atoms with Crippen molar-refractivity contribution in [2.24, 2.45) is 5.73 Å². The Bertz CT molecular complexity index is 182. The average Bonchev–Trinajstić information content (AvgIpc) is 2.44. The van der Waals surface area contributed by atoms with E-state index in [1.807, 2.05) is 0 Å². The van der Waals surface area contributed by atoms with Crippen molar-refractivity contribution in [3.63, 3.8) is 0 Å². The molecule has 2 unspecified atom stereocenters. The monoisotopic (exact) mass is 200 g/mol. The van der Waals surface area contributed by atoms with Gasteiger partial charge in [0.25, 0.3) is 0 Å². The van der Waals surface area contributed by atoms with E-state index in [1.54, 1.807) is 0 Å². The molecule has 1 rings (SSSR count). The number of nitrogens with zero attached hydrogens (tertiary/aromatic N) is 1. The van der Waals surface area contributed by atoms with Gasteiger partial charge in [0, 0.05) is 19.1 Å². The van der Waals surface area contributed by atoms with Crippen LogP contribution in [0.3, 0.4) is 0 Å². The number of hydrogen-bond donors (Lipinski definition) is 1. The Morgan fingerprint density at radius 2 is 2.21 bits per heavy atom. The van der Waals surface area contributed by atoms with Crippen LogP contribution in [0.1, 0.15) is 33.6 Å². The molecule has 1 heterocycles. The summed E-state index contributed by atoms with van der Waals surface area (Å²) in [6.45, 7) is 8.20. The molecule has 1 fully saturated rings. The smallest absolute Gasteiger partial charge is 0.0710 e. The van der Waals surface area contributed by atoms with Crippen LogP contribution in [0.25, 0.3) is 0 Å². The van der Waals surface area contributed by atoms with E-state index in [1.165, 1.54) is 12.8 Å². The Kier molecular flexibility index (Phi) is 3.93. The van der Waals surface area contributed by atoms with Crippen molar-refractivity contribution < 1.29 is 4.74 Å². The molecule has 1 aliphatic rings. The van der Waals surface area contributed by atoms with Gasteiger partial charge in [-0.3, -0.25) is 4.90 Å². The molecular formula is C11H24N2O. The minimum Gasteiger partial charge on any atom is -0.371 e. The molecule has 0 bridgehead atoms. The topological polar surface area (TPSA) is 38.5 Å². The van der Waals surface area contributed by atoms with E-state index in [0.717, 1.165) is 6.54 Å². The van der Waals surface area contributed by atoms with Crippen LogP contribution in [-0.4, -0.2) is 42.8 Å². The second-order valence-corrected chi connectivity index (χ2v) is 5.06. The largest absolute Gasteiger partial charge is 0.371 e. The van der Waals surface area contributed by atoms with Crippen LogP contribution in [0.5, 0.6) is 0 Å². The number of rotatable bonds is 4. The van der Waals surface area contributed by atoms with Crippen molar-refractivity contribution in [3.05, 3.63) is 0 Å². The van der Waals surface area contributed by atoms with Crippen LogP contribution in [0.2, 0.25) is 0 Å². The molecule has 2 atom stereocenters. The summed E-state index contributed by atoms with van der Waals surface area (Å²) in [6, 6.07) is 0.447. The van der Waals surface area contributed by atoms with Crippen LogP contribution in [-0.2, 0) is 4.74 Å². The Labute approximate surface area is 87.6 Å². The third kappa shape index (κ3) is 3.23. The van der Waals surface area contributed by atoms with Crippen molar-refractivity contribution in [1.82, 2.24) is 4.90 Å². The Morgan fingerprint density at radius 1 is 1.57 bits per heavy atom. The lowest BCUT2D eigenvalue weighted by Gasteiger charge is -2.27. The SMILES string of the molecule is CC(CN)N(C)CC1CCC(C)(C)O1. The van der Waals surface area contributed by atoms with Gasteiger partial charge in [0.15, 0.2) is 0 Å². The highest BCUT2D eigenvalue weighted by Gasteiger charge is 2.32. The van der Waals surface area contributed by atoms with Gasteiger partial charge in [-0.25, -0.2) is 0 Å².